The summed E-state index contributed by atoms with van der Waals surface area (Å²) >= 11 is 6.10. The minimum atomic E-state index is -3.78. The summed E-state index contributed by atoms with van der Waals surface area (Å²) in [4.78, 5) is 12.4. The maximum atomic E-state index is 12.7. The molecule has 8 nitrogen and oxygen atoms in total. The first-order valence-electron chi connectivity index (χ1n) is 8.48. The molecule has 0 fully saturated rings. The van der Waals surface area contributed by atoms with E-state index in [-0.39, 0.29) is 21.3 Å². The molecule has 1 aromatic carbocycles. The molecule has 0 spiro atoms. The van der Waals surface area contributed by atoms with E-state index in [9.17, 15) is 13.2 Å². The van der Waals surface area contributed by atoms with Crippen molar-refractivity contribution in [3.8, 4) is 11.5 Å². The Bertz CT molecular complexity index is 1070. The Morgan fingerprint density at radius 1 is 1.18 bits per heavy atom. The molecule has 10 heteroatoms. The number of amides is 1. The molecule has 3 rings (SSSR count). The topological polar surface area (TPSA) is 106 Å². The number of rotatable bonds is 7. The average molecular weight is 424 g/mol. The van der Waals surface area contributed by atoms with Gasteiger partial charge in [0.05, 0.1) is 11.3 Å². The van der Waals surface area contributed by atoms with E-state index in [2.05, 4.69) is 10.5 Å². The molecule has 0 aliphatic rings. The third-order valence-electron chi connectivity index (χ3n) is 4.02. The molecule has 1 amide bonds. The van der Waals surface area contributed by atoms with E-state index in [4.69, 9.17) is 20.5 Å². The highest BCUT2D eigenvalue weighted by Gasteiger charge is 2.25. The van der Waals surface area contributed by atoms with Crippen molar-refractivity contribution < 1.29 is 22.2 Å². The van der Waals surface area contributed by atoms with Crippen molar-refractivity contribution in [1.82, 2.24) is 9.46 Å². The molecule has 148 valence electrons. The van der Waals surface area contributed by atoms with Crippen LogP contribution in [0.15, 0.2) is 56.5 Å². The zero-order valence-electron chi connectivity index (χ0n) is 15.2. The molecular formula is C18H18ClN3O5S. The third kappa shape index (κ3) is 3.96. The number of nitrogens with zero attached hydrogens (tertiary/aromatic N) is 2. The molecule has 1 N–H and O–H groups in total. The quantitative estimate of drug-likeness (QED) is 0.618. The number of hydrogen-bond acceptors (Lipinski definition) is 6. The molecule has 0 saturated carbocycles. The lowest BCUT2D eigenvalue weighted by Crippen LogP contribution is -2.30. The fourth-order valence-corrected chi connectivity index (χ4v) is 4.55. The van der Waals surface area contributed by atoms with Gasteiger partial charge in [0.25, 0.3) is 5.91 Å². The third-order valence-corrected chi connectivity index (χ3v) is 6.55. The van der Waals surface area contributed by atoms with E-state index >= 15 is 0 Å². The predicted molar refractivity (Wildman–Crippen MR) is 104 cm³/mol. The molecule has 2 aromatic heterocycles. The Kier molecular flexibility index (Phi) is 5.87. The van der Waals surface area contributed by atoms with Gasteiger partial charge in [-0.2, -0.15) is 4.31 Å². The van der Waals surface area contributed by atoms with E-state index < -0.39 is 15.9 Å². The number of furan rings is 1. The summed E-state index contributed by atoms with van der Waals surface area (Å²) in [6, 6.07) is 9.04. The maximum absolute atomic E-state index is 12.7. The van der Waals surface area contributed by atoms with Crippen molar-refractivity contribution in [2.75, 3.05) is 18.4 Å². The normalized spacial score (nSPS) is 11.7. The number of hydrogen-bond donors (Lipinski definition) is 1. The molecule has 0 bridgehead atoms. The van der Waals surface area contributed by atoms with Gasteiger partial charge in [0.15, 0.2) is 11.5 Å². The van der Waals surface area contributed by atoms with Gasteiger partial charge in [0.2, 0.25) is 15.8 Å². The molecule has 0 atom stereocenters. The lowest BCUT2D eigenvalue weighted by molar-refractivity contribution is 0.101. The second-order valence-electron chi connectivity index (χ2n) is 5.74. The molecule has 0 aliphatic carbocycles. The number of halogens is 1. The largest absolute Gasteiger partial charge is 0.461 e. The maximum Gasteiger partial charge on any atom is 0.277 e. The Hall–Kier alpha value is -2.62. The van der Waals surface area contributed by atoms with Crippen LogP contribution in [0, 0.1) is 0 Å². The predicted octanol–water partition coefficient (Wildman–Crippen LogP) is 3.87. The Labute approximate surface area is 167 Å². The van der Waals surface area contributed by atoms with E-state index in [1.807, 2.05) is 0 Å². The lowest BCUT2D eigenvalue weighted by atomic mass is 10.3. The SMILES string of the molecule is CCN(CC)S(=O)(=O)c1cc(NC(=O)c2cc(-c3ccco3)on2)ccc1Cl. The van der Waals surface area contributed by atoms with Crippen LogP contribution >= 0.6 is 11.6 Å². The first-order chi connectivity index (χ1) is 13.4. The van der Waals surface area contributed by atoms with Crippen molar-refractivity contribution in [1.29, 1.82) is 0 Å². The molecule has 0 aliphatic heterocycles. The van der Waals surface area contributed by atoms with E-state index in [1.165, 1.54) is 34.8 Å². The molecule has 2 heterocycles. The molecule has 0 unspecified atom stereocenters. The summed E-state index contributed by atoms with van der Waals surface area (Å²) in [5, 5.41) is 6.39. The van der Waals surface area contributed by atoms with Crippen molar-refractivity contribution in [2.45, 2.75) is 18.7 Å². The second-order valence-corrected chi connectivity index (χ2v) is 8.06. The van der Waals surface area contributed by atoms with Crippen molar-refractivity contribution >= 4 is 33.2 Å². The summed E-state index contributed by atoms with van der Waals surface area (Å²) in [5.41, 5.74) is 0.289. The van der Waals surface area contributed by atoms with E-state index in [1.54, 1.807) is 26.0 Å². The van der Waals surface area contributed by atoms with Gasteiger partial charge in [-0.15, -0.1) is 0 Å². The van der Waals surface area contributed by atoms with Gasteiger partial charge in [-0.1, -0.05) is 30.6 Å². The average Bonchev–Trinajstić information content (AvgIpc) is 3.35. The smallest absolute Gasteiger partial charge is 0.277 e. The summed E-state index contributed by atoms with van der Waals surface area (Å²) < 4.78 is 37.1. The van der Waals surface area contributed by atoms with Crippen LogP contribution in [0.2, 0.25) is 5.02 Å². The molecule has 28 heavy (non-hydrogen) atoms. The van der Waals surface area contributed by atoms with Crippen LogP contribution < -0.4 is 5.32 Å². The number of sulfonamides is 1. The Morgan fingerprint density at radius 3 is 2.57 bits per heavy atom. The van der Waals surface area contributed by atoms with Crippen LogP contribution in [-0.2, 0) is 10.0 Å². The number of carbonyl (C=O) groups is 1. The second kappa shape index (κ2) is 8.17. The number of aromatic nitrogens is 1. The van der Waals surface area contributed by atoms with Crippen LogP contribution in [-0.4, -0.2) is 36.9 Å². The minimum Gasteiger partial charge on any atom is -0.461 e. The highest BCUT2D eigenvalue weighted by Crippen LogP contribution is 2.28. The number of nitrogens with one attached hydrogen (secondary N) is 1. The number of anilines is 1. The van der Waals surface area contributed by atoms with Gasteiger partial charge in [-0.3, -0.25) is 4.79 Å². The first kappa shape index (κ1) is 20.1. The van der Waals surface area contributed by atoms with Crippen LogP contribution in [0.1, 0.15) is 24.3 Å². The number of carbonyl (C=O) groups excluding carboxylic acids is 1. The zero-order valence-corrected chi connectivity index (χ0v) is 16.7. The molecular weight excluding hydrogens is 406 g/mol. The van der Waals surface area contributed by atoms with Gasteiger partial charge < -0.3 is 14.3 Å². The van der Waals surface area contributed by atoms with Gasteiger partial charge in [-0.25, -0.2) is 8.42 Å². The monoisotopic (exact) mass is 423 g/mol. The van der Waals surface area contributed by atoms with Crippen molar-refractivity contribution in [3.63, 3.8) is 0 Å². The fraction of sp³-hybridized carbons (Fsp3) is 0.222. The summed E-state index contributed by atoms with van der Waals surface area (Å²) in [6.07, 6.45) is 1.48. The van der Waals surface area contributed by atoms with Gasteiger partial charge in [-0.05, 0) is 30.3 Å². The fourth-order valence-electron chi connectivity index (χ4n) is 2.59. The van der Waals surface area contributed by atoms with Gasteiger partial charge in [0.1, 0.15) is 4.90 Å². The van der Waals surface area contributed by atoms with Crippen LogP contribution in [0.25, 0.3) is 11.5 Å². The van der Waals surface area contributed by atoms with E-state index in [0.29, 0.717) is 24.6 Å². The molecule has 0 saturated heterocycles. The van der Waals surface area contributed by atoms with Gasteiger partial charge in [0, 0.05) is 24.8 Å². The summed E-state index contributed by atoms with van der Waals surface area (Å²) in [7, 11) is -3.78. The van der Waals surface area contributed by atoms with Crippen molar-refractivity contribution in [3.05, 3.63) is 53.4 Å². The van der Waals surface area contributed by atoms with Crippen LogP contribution in [0.4, 0.5) is 5.69 Å². The zero-order chi connectivity index (χ0) is 20.3. The Balaban J connectivity index is 1.84. The van der Waals surface area contributed by atoms with Crippen LogP contribution in [0.5, 0.6) is 0 Å². The number of benzene rings is 1. The Morgan fingerprint density at radius 2 is 1.93 bits per heavy atom. The van der Waals surface area contributed by atoms with Crippen LogP contribution in [0.3, 0.4) is 0 Å². The summed E-state index contributed by atoms with van der Waals surface area (Å²) in [6.45, 7) is 4.09. The minimum absolute atomic E-state index is 0.0227. The lowest BCUT2D eigenvalue weighted by Gasteiger charge is -2.19. The van der Waals surface area contributed by atoms with Crippen molar-refractivity contribution in [2.24, 2.45) is 0 Å². The first-order valence-corrected chi connectivity index (χ1v) is 10.3. The molecule has 3 aromatic rings. The standard InChI is InChI=1S/C18H18ClN3O5S/c1-3-22(4-2)28(24,25)17-10-12(7-8-13(17)19)20-18(23)14-11-16(27-21-14)15-6-5-9-26-15/h5-11H,3-4H2,1-2H3,(H,20,23). The highest BCUT2D eigenvalue weighted by molar-refractivity contribution is 7.89. The summed E-state index contributed by atoms with van der Waals surface area (Å²) in [5.74, 6) is 0.178. The molecule has 0 radical (unpaired) electrons. The highest BCUT2D eigenvalue weighted by atomic mass is 35.5. The van der Waals surface area contributed by atoms with E-state index in [0.717, 1.165) is 0 Å². The van der Waals surface area contributed by atoms with Gasteiger partial charge >= 0.3 is 0 Å².